The van der Waals surface area contributed by atoms with Gasteiger partial charge in [-0.2, -0.15) is 9.65 Å². The van der Waals surface area contributed by atoms with Gasteiger partial charge in [0, 0.05) is 18.3 Å². The minimum absolute atomic E-state index is 0.0135. The summed E-state index contributed by atoms with van der Waals surface area (Å²) in [5.41, 5.74) is 3.23. The Morgan fingerprint density at radius 1 is 1.43 bits per heavy atom. The van der Waals surface area contributed by atoms with E-state index in [1.54, 1.807) is 0 Å². The zero-order valence-corrected chi connectivity index (χ0v) is 13.4. The maximum Gasteiger partial charge on any atom is 0.308 e. The third kappa shape index (κ3) is 2.87. The quantitative estimate of drug-likeness (QED) is 0.797. The van der Waals surface area contributed by atoms with Gasteiger partial charge in [-0.3, -0.25) is 0 Å². The molecule has 0 saturated carbocycles. The average Bonchev–Trinajstić information content (AvgIpc) is 2.57. The summed E-state index contributed by atoms with van der Waals surface area (Å²) in [5, 5.41) is 9.91. The molecule has 6 heteroatoms. The lowest BCUT2D eigenvalue weighted by Gasteiger charge is -2.27. The molecule has 1 unspecified atom stereocenters. The highest BCUT2D eigenvalue weighted by molar-refractivity contribution is 6.33. The Kier molecular flexibility index (Phi) is 4.44. The van der Waals surface area contributed by atoms with Crippen LogP contribution in [0.15, 0.2) is 18.5 Å². The van der Waals surface area contributed by atoms with Crippen LogP contribution in [0.2, 0.25) is 5.02 Å². The fourth-order valence-electron chi connectivity index (χ4n) is 3.11. The van der Waals surface area contributed by atoms with Crippen molar-refractivity contribution in [3.63, 3.8) is 0 Å². The molecule has 1 aliphatic rings. The van der Waals surface area contributed by atoms with E-state index in [1.807, 2.05) is 13.0 Å². The Balaban J connectivity index is 2.13. The Hall–Kier alpha value is -2.19. The molecule has 1 aliphatic carbocycles. The van der Waals surface area contributed by atoms with Crippen LogP contribution in [0.1, 0.15) is 47.9 Å². The van der Waals surface area contributed by atoms with Crippen molar-refractivity contribution in [1.82, 2.24) is 9.97 Å². The molecule has 0 saturated heterocycles. The molecule has 0 N–H and O–H groups in total. The van der Waals surface area contributed by atoms with Crippen LogP contribution in [0.4, 0.5) is 4.39 Å². The van der Waals surface area contributed by atoms with Crippen molar-refractivity contribution in [2.24, 2.45) is 0 Å². The molecule has 0 fully saturated rings. The molecule has 4 nitrogen and oxygen atoms in total. The monoisotopic (exact) mass is 331 g/mol. The van der Waals surface area contributed by atoms with Gasteiger partial charge >= 0.3 is 6.08 Å². The SMILES string of the molecule is CCOc1c(C#N)cc2c(c1Cl)CCCC2c1cnc(F)nc1. The average molecular weight is 332 g/mol. The van der Waals surface area contributed by atoms with Crippen molar-refractivity contribution >= 4 is 11.6 Å². The lowest BCUT2D eigenvalue weighted by molar-refractivity contribution is 0.338. The van der Waals surface area contributed by atoms with Crippen molar-refractivity contribution in [2.45, 2.75) is 32.1 Å². The number of rotatable bonds is 3. The molecule has 1 atom stereocenters. The van der Waals surface area contributed by atoms with Crippen LogP contribution in [0.5, 0.6) is 5.75 Å². The van der Waals surface area contributed by atoms with E-state index >= 15 is 0 Å². The molecule has 1 aromatic carbocycles. The second kappa shape index (κ2) is 6.51. The normalized spacial score (nSPS) is 16.5. The standard InChI is InChI=1S/C17H15ClFN3O/c1-2-23-16-10(7-20)6-14-12(4-3-5-13(14)15(16)18)11-8-21-17(19)22-9-11/h6,8-9,12H,2-5H2,1H3. The Bertz CT molecular complexity index is 771. The highest BCUT2D eigenvalue weighted by Crippen LogP contribution is 2.44. The van der Waals surface area contributed by atoms with Gasteiger partial charge in [0.2, 0.25) is 0 Å². The van der Waals surface area contributed by atoms with E-state index in [9.17, 15) is 9.65 Å². The van der Waals surface area contributed by atoms with E-state index in [4.69, 9.17) is 16.3 Å². The van der Waals surface area contributed by atoms with E-state index in [2.05, 4.69) is 16.0 Å². The number of halogens is 2. The molecule has 1 aromatic heterocycles. The molecule has 0 radical (unpaired) electrons. The summed E-state index contributed by atoms with van der Waals surface area (Å²) in [5.74, 6) is 0.464. The van der Waals surface area contributed by atoms with Gasteiger partial charge in [-0.15, -0.1) is 0 Å². The largest absolute Gasteiger partial charge is 0.491 e. The second-order valence-electron chi connectivity index (χ2n) is 5.41. The zero-order chi connectivity index (χ0) is 16.4. The van der Waals surface area contributed by atoms with Gasteiger partial charge in [-0.1, -0.05) is 11.6 Å². The van der Waals surface area contributed by atoms with Crippen molar-refractivity contribution in [3.05, 3.63) is 51.8 Å². The molecular formula is C17H15ClFN3O. The first-order chi connectivity index (χ1) is 11.2. The van der Waals surface area contributed by atoms with Crippen LogP contribution < -0.4 is 4.74 Å². The highest BCUT2D eigenvalue weighted by atomic mass is 35.5. The van der Waals surface area contributed by atoms with Crippen LogP contribution >= 0.6 is 11.6 Å². The van der Waals surface area contributed by atoms with Gasteiger partial charge in [0.25, 0.3) is 0 Å². The second-order valence-corrected chi connectivity index (χ2v) is 5.79. The number of fused-ring (bicyclic) bond motifs is 1. The fraction of sp³-hybridized carbons (Fsp3) is 0.353. The van der Waals surface area contributed by atoms with E-state index in [0.717, 1.165) is 36.0 Å². The maximum atomic E-state index is 13.0. The van der Waals surface area contributed by atoms with Crippen LogP contribution in [-0.4, -0.2) is 16.6 Å². The first-order valence-electron chi connectivity index (χ1n) is 7.51. The Morgan fingerprint density at radius 2 is 2.17 bits per heavy atom. The number of benzene rings is 1. The van der Waals surface area contributed by atoms with E-state index in [0.29, 0.717) is 22.9 Å². The van der Waals surface area contributed by atoms with Crippen LogP contribution in [0, 0.1) is 17.4 Å². The van der Waals surface area contributed by atoms with Crippen LogP contribution in [0.3, 0.4) is 0 Å². The summed E-state index contributed by atoms with van der Waals surface area (Å²) in [6.07, 6.45) is 4.92. The molecule has 0 bridgehead atoms. The van der Waals surface area contributed by atoms with Crippen LogP contribution in [-0.2, 0) is 6.42 Å². The van der Waals surface area contributed by atoms with E-state index in [-0.39, 0.29) is 5.92 Å². The van der Waals surface area contributed by atoms with E-state index in [1.165, 1.54) is 12.4 Å². The molecule has 0 spiro atoms. The first-order valence-corrected chi connectivity index (χ1v) is 7.89. The number of nitrogens with zero attached hydrogens (tertiary/aromatic N) is 3. The molecule has 23 heavy (non-hydrogen) atoms. The lowest BCUT2D eigenvalue weighted by atomic mass is 9.79. The summed E-state index contributed by atoms with van der Waals surface area (Å²) in [6, 6.07) is 3.98. The molecule has 3 rings (SSSR count). The number of aromatic nitrogens is 2. The number of hydrogen-bond donors (Lipinski definition) is 0. The summed E-state index contributed by atoms with van der Waals surface area (Å²) < 4.78 is 18.5. The number of hydrogen-bond acceptors (Lipinski definition) is 4. The van der Waals surface area contributed by atoms with Gasteiger partial charge < -0.3 is 4.74 Å². The summed E-state index contributed by atoms with van der Waals surface area (Å²) in [7, 11) is 0. The van der Waals surface area contributed by atoms with Gasteiger partial charge in [-0.05, 0) is 48.9 Å². The molecule has 118 valence electrons. The van der Waals surface area contributed by atoms with Gasteiger partial charge in [0.1, 0.15) is 6.07 Å². The number of ether oxygens (including phenoxy) is 1. The predicted molar refractivity (Wildman–Crippen MR) is 84.1 cm³/mol. The van der Waals surface area contributed by atoms with Crippen molar-refractivity contribution in [1.29, 1.82) is 5.26 Å². The fourth-order valence-corrected chi connectivity index (χ4v) is 3.47. The minimum atomic E-state index is -0.743. The third-order valence-corrected chi connectivity index (χ3v) is 4.50. The van der Waals surface area contributed by atoms with Crippen molar-refractivity contribution in [2.75, 3.05) is 6.61 Å². The molecule has 0 amide bonds. The smallest absolute Gasteiger partial charge is 0.308 e. The summed E-state index contributed by atoms with van der Waals surface area (Å²) in [6.45, 7) is 2.30. The zero-order valence-electron chi connectivity index (χ0n) is 12.6. The van der Waals surface area contributed by atoms with Gasteiger partial charge in [0.15, 0.2) is 5.75 Å². The van der Waals surface area contributed by atoms with Crippen molar-refractivity contribution < 1.29 is 9.13 Å². The molecule has 2 aromatic rings. The van der Waals surface area contributed by atoms with E-state index < -0.39 is 6.08 Å². The minimum Gasteiger partial charge on any atom is -0.491 e. The summed E-state index contributed by atoms with van der Waals surface area (Å²) in [4.78, 5) is 7.28. The Labute approximate surface area is 138 Å². The summed E-state index contributed by atoms with van der Waals surface area (Å²) >= 11 is 6.50. The Morgan fingerprint density at radius 3 is 2.83 bits per heavy atom. The third-order valence-electron chi connectivity index (χ3n) is 4.10. The predicted octanol–water partition coefficient (Wildman–Crippen LogP) is 4.01. The van der Waals surface area contributed by atoms with Crippen molar-refractivity contribution in [3.8, 4) is 11.8 Å². The molecular weight excluding hydrogens is 317 g/mol. The first kappa shape index (κ1) is 15.7. The molecule has 1 heterocycles. The number of nitriles is 1. The van der Waals surface area contributed by atoms with Gasteiger partial charge in [0.05, 0.1) is 17.2 Å². The molecule has 0 aliphatic heterocycles. The lowest BCUT2D eigenvalue weighted by Crippen LogP contribution is -2.14. The topological polar surface area (TPSA) is 58.8 Å². The van der Waals surface area contributed by atoms with Gasteiger partial charge in [-0.25, -0.2) is 9.97 Å². The van der Waals surface area contributed by atoms with Crippen LogP contribution in [0.25, 0.3) is 0 Å². The highest BCUT2D eigenvalue weighted by Gasteiger charge is 2.27. The maximum absolute atomic E-state index is 13.0.